The summed E-state index contributed by atoms with van der Waals surface area (Å²) in [6.45, 7) is 0.987. The molecule has 6 heteroatoms. The van der Waals surface area contributed by atoms with Crippen molar-refractivity contribution in [3.05, 3.63) is 64.9 Å². The Balaban J connectivity index is 1.77. The van der Waals surface area contributed by atoms with Crippen LogP contribution >= 0.6 is 0 Å². The number of carbonyl (C=O) groups excluding carboxylic acids is 1. The van der Waals surface area contributed by atoms with Gasteiger partial charge in [0.2, 0.25) is 0 Å². The molecule has 2 aromatic rings. The van der Waals surface area contributed by atoms with Gasteiger partial charge in [0.25, 0.3) is 5.91 Å². The lowest BCUT2D eigenvalue weighted by atomic mass is 10.0. The fraction of sp³-hybridized carbons (Fsp3) is 0.250. The lowest BCUT2D eigenvalue weighted by molar-refractivity contribution is 0.0706. The van der Waals surface area contributed by atoms with Crippen LogP contribution in [0.15, 0.2) is 42.5 Å². The van der Waals surface area contributed by atoms with Gasteiger partial charge in [0.15, 0.2) is 0 Å². The predicted molar refractivity (Wildman–Crippen MR) is 116 cm³/mol. The minimum atomic E-state index is -0.569. The number of unbranched alkanes of at least 4 members (excludes halogenated alkanes) is 1. The minimum absolute atomic E-state index is 0.0380. The van der Waals surface area contributed by atoms with Gasteiger partial charge in [-0.2, -0.15) is 0 Å². The summed E-state index contributed by atoms with van der Waals surface area (Å²) in [5.41, 5.74) is 5.85. The lowest BCUT2D eigenvalue weighted by Crippen LogP contribution is -2.20. The number of rotatable bonds is 7. The normalized spacial score (nSPS) is 11.9. The Morgan fingerprint density at radius 3 is 2.73 bits per heavy atom. The molecule has 1 aliphatic rings. The van der Waals surface area contributed by atoms with Crippen LogP contribution in [0.3, 0.4) is 0 Å². The van der Waals surface area contributed by atoms with Crippen molar-refractivity contribution >= 4 is 18.1 Å². The lowest BCUT2D eigenvalue weighted by Gasteiger charge is -2.11. The van der Waals surface area contributed by atoms with Crippen molar-refractivity contribution in [3.8, 4) is 23.1 Å². The number of allylic oxidation sites excluding steroid dienone is 2. The average molecular weight is 404 g/mol. The van der Waals surface area contributed by atoms with Crippen LogP contribution in [0.2, 0.25) is 0 Å². The van der Waals surface area contributed by atoms with Crippen LogP contribution in [0, 0.1) is 11.8 Å². The van der Waals surface area contributed by atoms with Crippen LogP contribution < -0.4 is 5.48 Å². The molecule has 0 radical (unpaired) electrons. The number of hydrogen-bond acceptors (Lipinski definition) is 5. The average Bonchev–Trinajstić information content (AvgIpc) is 3.03. The largest absolute Gasteiger partial charge is 0.394 e. The second kappa shape index (κ2) is 11.1. The van der Waals surface area contributed by atoms with E-state index in [1.807, 2.05) is 48.6 Å². The topological polar surface area (TPSA) is 91.7 Å². The predicted octanol–water partition coefficient (Wildman–Crippen LogP) is 3.44. The number of nitrogens with one attached hydrogen (secondary N) is 1. The Hall–Kier alpha value is -3.24. The van der Waals surface area contributed by atoms with Crippen LogP contribution in [0.1, 0.15) is 46.4 Å². The summed E-state index contributed by atoms with van der Waals surface area (Å²) in [7, 11) is 0. The highest BCUT2D eigenvalue weighted by molar-refractivity contribution is 5.99. The number of pyridine rings is 1. The molecule has 154 valence electrons. The van der Waals surface area contributed by atoms with E-state index >= 15 is 0 Å². The first-order valence-electron chi connectivity index (χ1n) is 9.83. The van der Waals surface area contributed by atoms with Crippen molar-refractivity contribution in [3.63, 3.8) is 0 Å². The number of hydrogen-bond donors (Lipinski definition) is 3. The Kier molecular flexibility index (Phi) is 7.93. The summed E-state index contributed by atoms with van der Waals surface area (Å²) in [6, 6.07) is 9.35. The first-order valence-corrected chi connectivity index (χ1v) is 9.83. The van der Waals surface area contributed by atoms with E-state index in [4.69, 9.17) is 20.0 Å². The third-order valence-corrected chi connectivity index (χ3v) is 4.51. The van der Waals surface area contributed by atoms with E-state index in [2.05, 4.69) is 11.8 Å². The summed E-state index contributed by atoms with van der Waals surface area (Å²) in [6.07, 6.45) is 9.96. The molecule has 30 heavy (non-hydrogen) atoms. The van der Waals surface area contributed by atoms with Crippen molar-refractivity contribution < 1.29 is 19.8 Å². The zero-order valence-corrected chi connectivity index (χ0v) is 16.6. The van der Waals surface area contributed by atoms with E-state index in [0.29, 0.717) is 35.7 Å². The number of carbonyl (C=O) groups is 1. The van der Waals surface area contributed by atoms with Gasteiger partial charge in [-0.1, -0.05) is 42.2 Å². The number of benzene rings is 1. The van der Waals surface area contributed by atoms with Crippen molar-refractivity contribution in [1.82, 2.24) is 10.5 Å². The zero-order chi connectivity index (χ0) is 21.2. The molecule has 1 amide bonds. The van der Waals surface area contributed by atoms with Gasteiger partial charge in [-0.05, 0) is 37.1 Å². The van der Waals surface area contributed by atoms with Gasteiger partial charge in [-0.3, -0.25) is 10.0 Å². The van der Waals surface area contributed by atoms with Crippen molar-refractivity contribution in [2.24, 2.45) is 0 Å². The molecule has 0 spiro atoms. The quantitative estimate of drug-likeness (QED) is 0.285. The summed E-state index contributed by atoms with van der Waals surface area (Å²) in [5, 5.41) is 17.8. The van der Waals surface area contributed by atoms with Crippen molar-refractivity contribution in [2.75, 3.05) is 19.8 Å². The van der Waals surface area contributed by atoms with Gasteiger partial charge in [0, 0.05) is 29.7 Å². The second-order valence-electron chi connectivity index (χ2n) is 6.65. The van der Waals surface area contributed by atoms with E-state index in [-0.39, 0.29) is 6.61 Å². The standard InChI is InChI=1S/C24H24N2O4/c27-14-16-30-15-6-2-3-7-18-10-12-19(13-11-18)23-17-21(24(28)26-29)20-8-4-1-5-9-22(20)25-23/h4-5,8-13,17,27,29H,1-2,6,14-16H2,(H,26,28). The highest BCUT2D eigenvalue weighted by Gasteiger charge is 2.16. The minimum Gasteiger partial charge on any atom is -0.394 e. The molecule has 6 nitrogen and oxygen atoms in total. The maximum atomic E-state index is 12.2. The van der Waals surface area contributed by atoms with Crippen molar-refractivity contribution in [2.45, 2.75) is 19.3 Å². The number of aliphatic hydroxyl groups excluding tert-OH is 1. The third-order valence-electron chi connectivity index (χ3n) is 4.51. The first kappa shape index (κ1) is 21.5. The monoisotopic (exact) mass is 404 g/mol. The van der Waals surface area contributed by atoms with Gasteiger partial charge < -0.3 is 9.84 Å². The second-order valence-corrected chi connectivity index (χ2v) is 6.65. The smallest absolute Gasteiger partial charge is 0.275 e. The molecule has 0 bridgehead atoms. The molecule has 0 fully saturated rings. The van der Waals surface area contributed by atoms with Crippen LogP contribution in [0.4, 0.5) is 0 Å². The van der Waals surface area contributed by atoms with Crippen LogP contribution in [0.25, 0.3) is 23.4 Å². The summed E-state index contributed by atoms with van der Waals surface area (Å²) in [5.74, 6) is 5.66. The summed E-state index contributed by atoms with van der Waals surface area (Å²) in [4.78, 5) is 16.9. The van der Waals surface area contributed by atoms with Crippen LogP contribution in [-0.4, -0.2) is 41.0 Å². The molecular weight excluding hydrogens is 380 g/mol. The number of hydroxylamine groups is 1. The van der Waals surface area contributed by atoms with E-state index in [9.17, 15) is 4.79 Å². The van der Waals surface area contributed by atoms with Gasteiger partial charge >= 0.3 is 0 Å². The number of nitrogens with zero attached hydrogens (tertiary/aromatic N) is 1. The first-order chi connectivity index (χ1) is 14.7. The highest BCUT2D eigenvalue weighted by Crippen LogP contribution is 2.26. The number of fused-ring (bicyclic) bond motifs is 1. The van der Waals surface area contributed by atoms with Gasteiger partial charge in [0.1, 0.15) is 0 Å². The molecule has 1 aromatic heterocycles. The Bertz CT molecular complexity index is 998. The van der Waals surface area contributed by atoms with Gasteiger partial charge in [-0.15, -0.1) is 0 Å². The van der Waals surface area contributed by atoms with Gasteiger partial charge in [-0.25, -0.2) is 10.5 Å². The molecule has 3 N–H and O–H groups in total. The fourth-order valence-corrected chi connectivity index (χ4v) is 3.04. The van der Waals surface area contributed by atoms with Crippen LogP contribution in [-0.2, 0) is 4.74 Å². The van der Waals surface area contributed by atoms with Crippen molar-refractivity contribution in [1.29, 1.82) is 0 Å². The summed E-state index contributed by atoms with van der Waals surface area (Å²) >= 11 is 0. The number of ether oxygens (including phenoxy) is 1. The molecule has 0 saturated heterocycles. The number of aromatic nitrogens is 1. The summed E-state index contributed by atoms with van der Waals surface area (Å²) < 4.78 is 5.20. The van der Waals surface area contributed by atoms with E-state index in [1.165, 1.54) is 0 Å². The number of amides is 1. The maximum Gasteiger partial charge on any atom is 0.275 e. The molecule has 0 atom stereocenters. The van der Waals surface area contributed by atoms with Gasteiger partial charge in [0.05, 0.1) is 30.2 Å². The molecule has 0 aliphatic heterocycles. The van der Waals surface area contributed by atoms with E-state index in [0.717, 1.165) is 30.4 Å². The molecule has 3 rings (SSSR count). The van der Waals surface area contributed by atoms with E-state index in [1.54, 1.807) is 11.5 Å². The molecule has 1 heterocycles. The Morgan fingerprint density at radius 2 is 1.97 bits per heavy atom. The fourth-order valence-electron chi connectivity index (χ4n) is 3.04. The SMILES string of the molecule is O=C(NO)c1cc(-c2ccc(C#CCCCOCCO)cc2)nc2c1C=CCC=C2. The molecule has 1 aromatic carbocycles. The van der Waals surface area contributed by atoms with E-state index < -0.39 is 5.91 Å². The van der Waals surface area contributed by atoms with Crippen LogP contribution in [0.5, 0.6) is 0 Å². The highest BCUT2D eigenvalue weighted by atomic mass is 16.5. The maximum absolute atomic E-state index is 12.2. The number of aliphatic hydroxyl groups is 1. The molecule has 0 saturated carbocycles. The molecule has 0 unspecified atom stereocenters. The third kappa shape index (κ3) is 5.65. The molecular formula is C24H24N2O4. The zero-order valence-electron chi connectivity index (χ0n) is 16.6. The Labute approximate surface area is 175 Å². The molecule has 1 aliphatic carbocycles. The Morgan fingerprint density at radius 1 is 1.17 bits per heavy atom.